The highest BCUT2D eigenvalue weighted by Gasteiger charge is 2.22. The molecule has 1 saturated heterocycles. The molecular weight excluding hydrogens is 478 g/mol. The van der Waals surface area contributed by atoms with E-state index in [1.54, 1.807) is 25.1 Å². The number of carbonyl (C=O) groups excluding carboxylic acids is 1. The van der Waals surface area contributed by atoms with E-state index in [9.17, 15) is 14.4 Å². The van der Waals surface area contributed by atoms with Gasteiger partial charge in [0.25, 0.3) is 11.5 Å². The Balaban J connectivity index is 1.53. The zero-order chi connectivity index (χ0) is 27.1. The fourth-order valence-electron chi connectivity index (χ4n) is 4.82. The lowest BCUT2D eigenvalue weighted by atomic mass is 10.1. The van der Waals surface area contributed by atoms with Gasteiger partial charge in [-0.25, -0.2) is 4.79 Å². The fraction of sp³-hybridized carbons (Fsp3) is 0.367. The maximum atomic E-state index is 13.5. The van der Waals surface area contributed by atoms with Crippen molar-refractivity contribution in [3.8, 4) is 11.8 Å². The molecule has 1 atom stereocenters. The molecule has 0 aliphatic carbocycles. The third kappa shape index (κ3) is 6.61. The van der Waals surface area contributed by atoms with Gasteiger partial charge in [-0.05, 0) is 56.4 Å². The quantitative estimate of drug-likeness (QED) is 0.450. The van der Waals surface area contributed by atoms with E-state index in [0.29, 0.717) is 30.0 Å². The largest absolute Gasteiger partial charge is 0.356 e. The molecule has 0 unspecified atom stereocenters. The van der Waals surface area contributed by atoms with E-state index >= 15 is 0 Å². The molecule has 2 aromatic carbocycles. The van der Waals surface area contributed by atoms with Crippen LogP contribution in [0.3, 0.4) is 0 Å². The van der Waals surface area contributed by atoms with Gasteiger partial charge < -0.3 is 16.0 Å². The summed E-state index contributed by atoms with van der Waals surface area (Å²) in [5, 5.41) is 2.96. The molecule has 1 fully saturated rings. The molecule has 1 amide bonds. The van der Waals surface area contributed by atoms with Gasteiger partial charge in [-0.1, -0.05) is 47.9 Å². The summed E-state index contributed by atoms with van der Waals surface area (Å²) in [5.41, 5.74) is 8.86. The third-order valence-corrected chi connectivity index (χ3v) is 6.76. The Labute approximate surface area is 223 Å². The van der Waals surface area contributed by atoms with Crippen molar-refractivity contribution >= 4 is 11.7 Å². The van der Waals surface area contributed by atoms with Crippen molar-refractivity contribution in [1.82, 2.24) is 14.5 Å². The third-order valence-electron chi connectivity index (χ3n) is 6.76. The summed E-state index contributed by atoms with van der Waals surface area (Å²) in [5.74, 6) is 6.14. The first-order valence-electron chi connectivity index (χ1n) is 13.0. The van der Waals surface area contributed by atoms with Crippen LogP contribution >= 0.6 is 0 Å². The highest BCUT2D eigenvalue weighted by molar-refractivity contribution is 5.94. The number of hydrogen-bond donors (Lipinski definition) is 2. The number of carbonyl (C=O) groups is 1. The minimum atomic E-state index is -0.428. The number of nitrogens with one attached hydrogen (secondary N) is 1. The molecule has 38 heavy (non-hydrogen) atoms. The van der Waals surface area contributed by atoms with Crippen LogP contribution in [0.25, 0.3) is 0 Å². The summed E-state index contributed by atoms with van der Waals surface area (Å²) >= 11 is 0. The molecule has 0 radical (unpaired) electrons. The van der Waals surface area contributed by atoms with Crippen LogP contribution < -0.4 is 27.2 Å². The SMILES string of the molecule is CC#CCn1c(N2CCC[C@@H](N)C2)cc(=O)n(Cc2cccc(C(=O)NCCc3cccc(C)c3)c2)c1=O. The minimum absolute atomic E-state index is 0.00214. The standard InChI is InChI=1S/C30H35N5O3/c1-3-4-16-34-27(33-15-7-12-26(31)21-33)19-28(36)35(30(34)38)20-24-10-6-11-25(18-24)29(37)32-14-13-23-9-5-8-22(2)17-23/h5-6,8-11,17-19,26H,7,12-16,20-21,31H2,1-2H3,(H,32,37)/t26-/m1/s1. The summed E-state index contributed by atoms with van der Waals surface area (Å²) in [6, 6.07) is 16.7. The molecule has 0 spiro atoms. The lowest BCUT2D eigenvalue weighted by Gasteiger charge is -2.33. The molecular formula is C30H35N5O3. The Kier molecular flexibility index (Phi) is 8.82. The van der Waals surface area contributed by atoms with Crippen molar-refractivity contribution in [1.29, 1.82) is 0 Å². The van der Waals surface area contributed by atoms with Gasteiger partial charge in [-0.2, -0.15) is 0 Å². The predicted octanol–water partition coefficient (Wildman–Crippen LogP) is 2.29. The lowest BCUT2D eigenvalue weighted by molar-refractivity contribution is 0.0954. The maximum absolute atomic E-state index is 13.5. The van der Waals surface area contributed by atoms with E-state index in [1.807, 2.05) is 36.1 Å². The highest BCUT2D eigenvalue weighted by atomic mass is 16.2. The van der Waals surface area contributed by atoms with Crippen LogP contribution in [-0.4, -0.2) is 40.7 Å². The molecule has 2 heterocycles. The van der Waals surface area contributed by atoms with E-state index in [2.05, 4.69) is 23.2 Å². The van der Waals surface area contributed by atoms with Gasteiger partial charge >= 0.3 is 5.69 Å². The number of aryl methyl sites for hydroxylation is 1. The van der Waals surface area contributed by atoms with Crippen LogP contribution in [-0.2, 0) is 19.5 Å². The van der Waals surface area contributed by atoms with Crippen LogP contribution in [0.2, 0.25) is 0 Å². The topological polar surface area (TPSA) is 102 Å². The number of amides is 1. The van der Waals surface area contributed by atoms with Crippen LogP contribution in [0, 0.1) is 18.8 Å². The first kappa shape index (κ1) is 27.0. The molecule has 198 valence electrons. The summed E-state index contributed by atoms with van der Waals surface area (Å²) in [6.45, 7) is 5.83. The van der Waals surface area contributed by atoms with Crippen molar-refractivity contribution in [2.75, 3.05) is 24.5 Å². The van der Waals surface area contributed by atoms with Gasteiger partial charge in [0, 0.05) is 37.3 Å². The number of anilines is 1. The zero-order valence-corrected chi connectivity index (χ0v) is 22.1. The second kappa shape index (κ2) is 12.4. The number of piperidine rings is 1. The van der Waals surface area contributed by atoms with Gasteiger partial charge in [-0.15, -0.1) is 5.92 Å². The first-order chi connectivity index (χ1) is 18.4. The molecule has 1 aliphatic rings. The summed E-state index contributed by atoms with van der Waals surface area (Å²) in [4.78, 5) is 41.4. The van der Waals surface area contributed by atoms with Crippen LogP contribution in [0.1, 0.15) is 46.8 Å². The predicted molar refractivity (Wildman–Crippen MR) is 151 cm³/mol. The Morgan fingerprint density at radius 2 is 1.87 bits per heavy atom. The van der Waals surface area contributed by atoms with E-state index in [0.717, 1.165) is 31.4 Å². The van der Waals surface area contributed by atoms with E-state index in [-0.39, 0.29) is 25.0 Å². The van der Waals surface area contributed by atoms with Gasteiger partial charge in [0.05, 0.1) is 13.1 Å². The summed E-state index contributed by atoms with van der Waals surface area (Å²) in [7, 11) is 0. The molecule has 8 nitrogen and oxygen atoms in total. The Hall–Kier alpha value is -4.09. The van der Waals surface area contributed by atoms with E-state index in [1.165, 1.54) is 20.8 Å². The van der Waals surface area contributed by atoms with Gasteiger partial charge in [-0.3, -0.25) is 18.7 Å². The number of nitrogens with two attached hydrogens (primary N) is 1. The van der Waals surface area contributed by atoms with Gasteiger partial charge in [0.15, 0.2) is 0 Å². The molecule has 4 rings (SSSR count). The number of rotatable bonds is 8. The molecule has 0 saturated carbocycles. The van der Waals surface area contributed by atoms with Crippen molar-refractivity contribution in [3.05, 3.63) is 97.7 Å². The molecule has 3 N–H and O–H groups in total. The van der Waals surface area contributed by atoms with E-state index < -0.39 is 11.2 Å². The van der Waals surface area contributed by atoms with Gasteiger partial charge in [0.2, 0.25) is 0 Å². The van der Waals surface area contributed by atoms with Crippen LogP contribution in [0.15, 0.2) is 64.2 Å². The fourth-order valence-corrected chi connectivity index (χ4v) is 4.82. The summed E-state index contributed by atoms with van der Waals surface area (Å²) in [6.07, 6.45) is 2.55. The Morgan fingerprint density at radius 3 is 2.63 bits per heavy atom. The zero-order valence-electron chi connectivity index (χ0n) is 22.1. The van der Waals surface area contributed by atoms with Crippen LogP contribution in [0.4, 0.5) is 5.82 Å². The van der Waals surface area contributed by atoms with Crippen molar-refractivity contribution in [3.63, 3.8) is 0 Å². The molecule has 1 aromatic heterocycles. The van der Waals surface area contributed by atoms with Crippen molar-refractivity contribution < 1.29 is 4.79 Å². The minimum Gasteiger partial charge on any atom is -0.356 e. The molecule has 0 bridgehead atoms. The summed E-state index contributed by atoms with van der Waals surface area (Å²) < 4.78 is 2.73. The monoisotopic (exact) mass is 513 g/mol. The molecule has 8 heteroatoms. The molecule has 3 aromatic rings. The normalized spacial score (nSPS) is 15.0. The second-order valence-electron chi connectivity index (χ2n) is 9.77. The first-order valence-corrected chi connectivity index (χ1v) is 13.0. The highest BCUT2D eigenvalue weighted by Crippen LogP contribution is 2.17. The van der Waals surface area contributed by atoms with Crippen molar-refractivity contribution in [2.24, 2.45) is 5.73 Å². The molecule has 1 aliphatic heterocycles. The Morgan fingerprint density at radius 1 is 1.08 bits per heavy atom. The Bertz CT molecular complexity index is 1480. The van der Waals surface area contributed by atoms with Crippen LogP contribution in [0.5, 0.6) is 0 Å². The second-order valence-corrected chi connectivity index (χ2v) is 9.77. The average Bonchev–Trinajstić information content (AvgIpc) is 2.90. The smallest absolute Gasteiger partial charge is 0.333 e. The lowest BCUT2D eigenvalue weighted by Crippen LogP contribution is -2.48. The number of benzene rings is 2. The van der Waals surface area contributed by atoms with Gasteiger partial charge in [0.1, 0.15) is 5.82 Å². The number of aromatic nitrogens is 2. The number of nitrogens with zero attached hydrogens (tertiary/aromatic N) is 3. The maximum Gasteiger partial charge on any atom is 0.333 e. The average molecular weight is 514 g/mol. The van der Waals surface area contributed by atoms with Crippen molar-refractivity contribution in [2.45, 2.75) is 52.2 Å². The van der Waals surface area contributed by atoms with E-state index in [4.69, 9.17) is 5.73 Å². The number of hydrogen-bond acceptors (Lipinski definition) is 5.